The lowest BCUT2D eigenvalue weighted by Crippen LogP contribution is -2.01. The van der Waals surface area contributed by atoms with Crippen LogP contribution in [0.3, 0.4) is 0 Å². The molecular formula is C13H11IO2. The first kappa shape index (κ1) is 11.4. The van der Waals surface area contributed by atoms with Gasteiger partial charge in [0.2, 0.25) is 0 Å². The van der Waals surface area contributed by atoms with E-state index >= 15 is 0 Å². The Morgan fingerprint density at radius 2 is 1.75 bits per heavy atom. The van der Waals surface area contributed by atoms with E-state index in [4.69, 9.17) is 0 Å². The number of benzene rings is 2. The number of aliphatic hydroxyl groups excluding tert-OH is 1. The molecule has 0 heterocycles. The van der Waals surface area contributed by atoms with Crippen molar-refractivity contribution in [3.8, 4) is 5.75 Å². The fraction of sp³-hybridized carbons (Fsp3) is 0.0769. The lowest BCUT2D eigenvalue weighted by atomic mass is 10.0. The van der Waals surface area contributed by atoms with Crippen molar-refractivity contribution in [2.45, 2.75) is 6.10 Å². The molecule has 0 radical (unpaired) electrons. The Balaban J connectivity index is 2.39. The number of hydrogen-bond acceptors (Lipinski definition) is 2. The predicted molar refractivity (Wildman–Crippen MR) is 71.3 cm³/mol. The zero-order valence-electron chi connectivity index (χ0n) is 8.47. The van der Waals surface area contributed by atoms with Crippen LogP contribution in [0.25, 0.3) is 0 Å². The lowest BCUT2D eigenvalue weighted by Gasteiger charge is -2.13. The number of aromatic hydroxyl groups is 1. The van der Waals surface area contributed by atoms with Crippen LogP contribution < -0.4 is 0 Å². The normalized spacial score (nSPS) is 12.4. The van der Waals surface area contributed by atoms with Crippen molar-refractivity contribution < 1.29 is 10.2 Å². The Labute approximate surface area is 108 Å². The summed E-state index contributed by atoms with van der Waals surface area (Å²) in [5.74, 6) is 0.169. The number of rotatable bonds is 2. The largest absolute Gasteiger partial charge is 0.508 e. The van der Waals surface area contributed by atoms with Crippen LogP contribution in [0.1, 0.15) is 17.2 Å². The van der Waals surface area contributed by atoms with E-state index in [0.29, 0.717) is 5.56 Å². The summed E-state index contributed by atoms with van der Waals surface area (Å²) in [6.07, 6.45) is -0.694. The van der Waals surface area contributed by atoms with Gasteiger partial charge in [-0.05, 0) is 51.9 Å². The lowest BCUT2D eigenvalue weighted by molar-refractivity contribution is 0.219. The Bertz CT molecular complexity index is 497. The van der Waals surface area contributed by atoms with Crippen LogP contribution in [0.5, 0.6) is 5.75 Å². The molecule has 1 atom stereocenters. The molecule has 0 aliphatic heterocycles. The van der Waals surface area contributed by atoms with Gasteiger partial charge in [0.25, 0.3) is 0 Å². The number of hydrogen-bond donors (Lipinski definition) is 2. The van der Waals surface area contributed by atoms with Crippen LogP contribution in [0.4, 0.5) is 0 Å². The SMILES string of the molecule is Oc1cccc(C(O)c2ccccc2I)c1. The van der Waals surface area contributed by atoms with E-state index in [9.17, 15) is 10.2 Å². The molecule has 1 unspecified atom stereocenters. The average Bonchev–Trinajstić information content (AvgIpc) is 2.29. The van der Waals surface area contributed by atoms with Crippen LogP contribution in [0.15, 0.2) is 48.5 Å². The maximum atomic E-state index is 10.2. The maximum Gasteiger partial charge on any atom is 0.115 e. The topological polar surface area (TPSA) is 40.5 Å². The summed E-state index contributed by atoms with van der Waals surface area (Å²) in [7, 11) is 0. The highest BCUT2D eigenvalue weighted by atomic mass is 127. The molecule has 0 spiro atoms. The summed E-state index contributed by atoms with van der Waals surface area (Å²) in [4.78, 5) is 0. The van der Waals surface area contributed by atoms with Crippen LogP contribution in [0, 0.1) is 3.57 Å². The highest BCUT2D eigenvalue weighted by molar-refractivity contribution is 14.1. The molecule has 2 aromatic rings. The van der Waals surface area contributed by atoms with Crippen LogP contribution >= 0.6 is 22.6 Å². The summed E-state index contributed by atoms with van der Waals surface area (Å²) in [6.45, 7) is 0. The number of phenolic OH excluding ortho intramolecular Hbond substituents is 1. The fourth-order valence-electron chi connectivity index (χ4n) is 1.57. The molecule has 16 heavy (non-hydrogen) atoms. The molecule has 0 aliphatic carbocycles. The standard InChI is InChI=1S/C13H11IO2/c14-12-7-2-1-6-11(12)13(16)9-4-3-5-10(15)8-9/h1-8,13,15-16H. The molecule has 0 saturated heterocycles. The summed E-state index contributed by atoms with van der Waals surface area (Å²) in [5.41, 5.74) is 1.55. The predicted octanol–water partition coefficient (Wildman–Crippen LogP) is 3.08. The zero-order chi connectivity index (χ0) is 11.5. The Morgan fingerprint density at radius 3 is 2.44 bits per heavy atom. The molecule has 2 nitrogen and oxygen atoms in total. The second-order valence-electron chi connectivity index (χ2n) is 3.52. The first-order valence-electron chi connectivity index (χ1n) is 4.90. The Morgan fingerprint density at radius 1 is 1.00 bits per heavy atom. The second kappa shape index (κ2) is 4.84. The van der Waals surface area contributed by atoms with E-state index in [-0.39, 0.29) is 5.75 Å². The third-order valence-electron chi connectivity index (χ3n) is 2.39. The maximum absolute atomic E-state index is 10.2. The first-order valence-corrected chi connectivity index (χ1v) is 5.98. The van der Waals surface area contributed by atoms with Gasteiger partial charge < -0.3 is 10.2 Å². The molecular weight excluding hydrogens is 315 g/mol. The highest BCUT2D eigenvalue weighted by Gasteiger charge is 2.13. The highest BCUT2D eigenvalue weighted by Crippen LogP contribution is 2.27. The van der Waals surface area contributed by atoms with Crippen molar-refractivity contribution in [1.82, 2.24) is 0 Å². The van der Waals surface area contributed by atoms with Crippen molar-refractivity contribution in [1.29, 1.82) is 0 Å². The molecule has 0 aromatic heterocycles. The molecule has 2 rings (SSSR count). The molecule has 0 bridgehead atoms. The van der Waals surface area contributed by atoms with Crippen LogP contribution in [-0.4, -0.2) is 10.2 Å². The van der Waals surface area contributed by atoms with Gasteiger partial charge in [-0.15, -0.1) is 0 Å². The van der Waals surface area contributed by atoms with E-state index in [1.165, 1.54) is 0 Å². The van der Waals surface area contributed by atoms with Crippen molar-refractivity contribution in [2.75, 3.05) is 0 Å². The molecule has 2 N–H and O–H groups in total. The molecule has 2 aromatic carbocycles. The molecule has 0 aliphatic rings. The number of aliphatic hydroxyl groups is 1. The molecule has 3 heteroatoms. The third-order valence-corrected chi connectivity index (χ3v) is 3.37. The van der Waals surface area contributed by atoms with Gasteiger partial charge in [0, 0.05) is 3.57 Å². The van der Waals surface area contributed by atoms with Gasteiger partial charge in [-0.1, -0.05) is 30.3 Å². The smallest absolute Gasteiger partial charge is 0.115 e. The Hall–Kier alpha value is -1.07. The third kappa shape index (κ3) is 2.36. The number of halogens is 1. The van der Waals surface area contributed by atoms with E-state index in [1.54, 1.807) is 24.3 Å². The van der Waals surface area contributed by atoms with E-state index in [0.717, 1.165) is 9.13 Å². The molecule has 0 amide bonds. The van der Waals surface area contributed by atoms with Gasteiger partial charge in [0.1, 0.15) is 11.9 Å². The van der Waals surface area contributed by atoms with Crippen molar-refractivity contribution in [3.05, 3.63) is 63.2 Å². The molecule has 82 valence electrons. The summed E-state index contributed by atoms with van der Waals surface area (Å²) in [6, 6.07) is 14.3. The van der Waals surface area contributed by atoms with Gasteiger partial charge in [-0.25, -0.2) is 0 Å². The zero-order valence-corrected chi connectivity index (χ0v) is 10.6. The van der Waals surface area contributed by atoms with Crippen molar-refractivity contribution in [3.63, 3.8) is 0 Å². The fourth-order valence-corrected chi connectivity index (χ4v) is 2.25. The monoisotopic (exact) mass is 326 g/mol. The quantitative estimate of drug-likeness (QED) is 0.833. The van der Waals surface area contributed by atoms with Gasteiger partial charge >= 0.3 is 0 Å². The van der Waals surface area contributed by atoms with E-state index in [1.807, 2.05) is 24.3 Å². The van der Waals surface area contributed by atoms with Crippen molar-refractivity contribution >= 4 is 22.6 Å². The van der Waals surface area contributed by atoms with Gasteiger partial charge in [-0.2, -0.15) is 0 Å². The minimum atomic E-state index is -0.694. The van der Waals surface area contributed by atoms with Gasteiger partial charge in [-0.3, -0.25) is 0 Å². The second-order valence-corrected chi connectivity index (χ2v) is 4.68. The summed E-state index contributed by atoms with van der Waals surface area (Å²) < 4.78 is 1.01. The summed E-state index contributed by atoms with van der Waals surface area (Å²) >= 11 is 2.19. The first-order chi connectivity index (χ1) is 7.68. The van der Waals surface area contributed by atoms with Crippen LogP contribution in [-0.2, 0) is 0 Å². The molecule has 0 saturated carbocycles. The number of phenols is 1. The van der Waals surface area contributed by atoms with Crippen molar-refractivity contribution in [2.24, 2.45) is 0 Å². The van der Waals surface area contributed by atoms with Gasteiger partial charge in [0.15, 0.2) is 0 Å². The van der Waals surface area contributed by atoms with E-state index < -0.39 is 6.10 Å². The average molecular weight is 326 g/mol. The van der Waals surface area contributed by atoms with E-state index in [2.05, 4.69) is 22.6 Å². The summed E-state index contributed by atoms with van der Waals surface area (Å²) in [5, 5.41) is 19.5. The minimum Gasteiger partial charge on any atom is -0.508 e. The molecule has 0 fully saturated rings. The van der Waals surface area contributed by atoms with Gasteiger partial charge in [0.05, 0.1) is 0 Å². The Kier molecular flexibility index (Phi) is 3.46. The minimum absolute atomic E-state index is 0.169. The van der Waals surface area contributed by atoms with Crippen LogP contribution in [0.2, 0.25) is 0 Å².